The van der Waals surface area contributed by atoms with E-state index in [0.717, 1.165) is 24.6 Å². The summed E-state index contributed by atoms with van der Waals surface area (Å²) >= 11 is 0. The molecule has 18 heavy (non-hydrogen) atoms. The van der Waals surface area contributed by atoms with E-state index >= 15 is 0 Å². The van der Waals surface area contributed by atoms with Gasteiger partial charge in [-0.3, -0.25) is 9.79 Å². The number of nitrogens with one attached hydrogen (secondary N) is 2. The summed E-state index contributed by atoms with van der Waals surface area (Å²) in [5.41, 5.74) is 1.75. The van der Waals surface area contributed by atoms with Gasteiger partial charge in [0.2, 0.25) is 0 Å². The van der Waals surface area contributed by atoms with Crippen molar-refractivity contribution in [2.75, 3.05) is 27.2 Å². The van der Waals surface area contributed by atoms with Crippen molar-refractivity contribution in [3.63, 3.8) is 0 Å². The molecule has 0 aromatic heterocycles. The smallest absolute Gasteiger partial charge is 0.251 e. The predicted molar refractivity (Wildman–Crippen MR) is 71.6 cm³/mol. The van der Waals surface area contributed by atoms with Crippen LogP contribution in [0.1, 0.15) is 15.9 Å². The fourth-order valence-corrected chi connectivity index (χ4v) is 1.87. The summed E-state index contributed by atoms with van der Waals surface area (Å²) in [6.45, 7) is 2.48. The van der Waals surface area contributed by atoms with Crippen molar-refractivity contribution in [3.05, 3.63) is 35.4 Å². The molecule has 2 rings (SSSR count). The first kappa shape index (κ1) is 12.4. The van der Waals surface area contributed by atoms with Crippen molar-refractivity contribution < 1.29 is 4.79 Å². The number of rotatable bonds is 3. The molecule has 5 heteroatoms. The number of likely N-dealkylation sites (N-methyl/N-ethyl adjacent to an activating group) is 1. The molecule has 0 radical (unpaired) electrons. The fraction of sp³-hybridized carbons (Fsp3) is 0.385. The van der Waals surface area contributed by atoms with E-state index in [1.807, 2.05) is 31.3 Å². The molecule has 1 aliphatic heterocycles. The summed E-state index contributed by atoms with van der Waals surface area (Å²) in [5.74, 6) is 0.854. The van der Waals surface area contributed by atoms with Crippen LogP contribution in [-0.2, 0) is 6.54 Å². The van der Waals surface area contributed by atoms with Crippen LogP contribution in [0.3, 0.4) is 0 Å². The number of benzene rings is 1. The maximum absolute atomic E-state index is 11.5. The lowest BCUT2D eigenvalue weighted by Crippen LogP contribution is -2.35. The molecular weight excluding hydrogens is 228 g/mol. The minimum Gasteiger partial charge on any atom is -0.355 e. The van der Waals surface area contributed by atoms with E-state index in [4.69, 9.17) is 0 Å². The molecule has 1 aliphatic rings. The van der Waals surface area contributed by atoms with E-state index in [9.17, 15) is 4.79 Å². The van der Waals surface area contributed by atoms with Gasteiger partial charge >= 0.3 is 0 Å². The van der Waals surface area contributed by atoms with Crippen LogP contribution in [0, 0.1) is 0 Å². The number of amides is 1. The van der Waals surface area contributed by atoms with Crippen LogP contribution in [0.5, 0.6) is 0 Å². The topological polar surface area (TPSA) is 56.7 Å². The molecule has 0 fully saturated rings. The number of carbonyl (C=O) groups excluding carboxylic acids is 1. The standard InChI is InChI=1S/C13H18N4O/c1-14-12(18)11-5-3-4-10(8-11)9-16-13-15-6-7-17(13)2/h3-5,8H,6-7,9H2,1-2H3,(H,14,18)(H,15,16). The van der Waals surface area contributed by atoms with Gasteiger partial charge in [-0.1, -0.05) is 12.1 Å². The molecule has 0 bridgehead atoms. The summed E-state index contributed by atoms with van der Waals surface area (Å²) < 4.78 is 0. The summed E-state index contributed by atoms with van der Waals surface area (Å²) in [4.78, 5) is 18.0. The first-order valence-corrected chi connectivity index (χ1v) is 6.01. The van der Waals surface area contributed by atoms with Crippen molar-refractivity contribution >= 4 is 11.9 Å². The Labute approximate surface area is 107 Å². The number of hydrogen-bond acceptors (Lipinski definition) is 4. The van der Waals surface area contributed by atoms with E-state index < -0.39 is 0 Å². The van der Waals surface area contributed by atoms with Crippen LogP contribution in [0.15, 0.2) is 29.3 Å². The first-order chi connectivity index (χ1) is 8.70. The molecule has 0 atom stereocenters. The lowest BCUT2D eigenvalue weighted by molar-refractivity contribution is 0.0963. The third kappa shape index (κ3) is 2.80. The van der Waals surface area contributed by atoms with Gasteiger partial charge in [-0.15, -0.1) is 0 Å². The molecule has 0 saturated carbocycles. The van der Waals surface area contributed by atoms with Crippen LogP contribution >= 0.6 is 0 Å². The Morgan fingerprint density at radius 2 is 2.33 bits per heavy atom. The minimum atomic E-state index is -0.0628. The van der Waals surface area contributed by atoms with Crippen LogP contribution in [0.25, 0.3) is 0 Å². The lowest BCUT2D eigenvalue weighted by atomic mass is 10.1. The molecule has 1 heterocycles. The van der Waals surface area contributed by atoms with Crippen molar-refractivity contribution in [2.24, 2.45) is 4.99 Å². The maximum Gasteiger partial charge on any atom is 0.251 e. The van der Waals surface area contributed by atoms with E-state index in [-0.39, 0.29) is 5.91 Å². The molecule has 0 unspecified atom stereocenters. The Kier molecular flexibility index (Phi) is 3.82. The largest absolute Gasteiger partial charge is 0.355 e. The molecule has 1 aromatic rings. The van der Waals surface area contributed by atoms with Gasteiger partial charge in [-0.05, 0) is 17.7 Å². The third-order valence-corrected chi connectivity index (χ3v) is 2.93. The second kappa shape index (κ2) is 5.53. The monoisotopic (exact) mass is 246 g/mol. The Hall–Kier alpha value is -2.04. The number of nitrogens with zero attached hydrogens (tertiary/aromatic N) is 2. The molecule has 1 amide bonds. The Morgan fingerprint density at radius 3 is 3.00 bits per heavy atom. The highest BCUT2D eigenvalue weighted by molar-refractivity contribution is 5.94. The second-order valence-corrected chi connectivity index (χ2v) is 4.26. The van der Waals surface area contributed by atoms with E-state index in [0.29, 0.717) is 12.1 Å². The lowest BCUT2D eigenvalue weighted by Gasteiger charge is -2.15. The fourth-order valence-electron chi connectivity index (χ4n) is 1.87. The van der Waals surface area contributed by atoms with Crippen LogP contribution in [0.2, 0.25) is 0 Å². The van der Waals surface area contributed by atoms with E-state index in [1.54, 1.807) is 7.05 Å². The number of hydrogen-bond donors (Lipinski definition) is 2. The molecule has 2 N–H and O–H groups in total. The average Bonchev–Trinajstić information content (AvgIpc) is 2.81. The molecule has 0 spiro atoms. The molecule has 1 aromatic carbocycles. The third-order valence-electron chi connectivity index (χ3n) is 2.93. The van der Waals surface area contributed by atoms with Gasteiger partial charge in [0.15, 0.2) is 5.96 Å². The number of aliphatic imine (C=N–C) groups is 1. The average molecular weight is 246 g/mol. The quantitative estimate of drug-likeness (QED) is 0.813. The summed E-state index contributed by atoms with van der Waals surface area (Å²) in [7, 11) is 3.65. The Morgan fingerprint density at radius 1 is 1.50 bits per heavy atom. The van der Waals surface area contributed by atoms with Gasteiger partial charge in [-0.25, -0.2) is 0 Å². The molecule has 5 nitrogen and oxygen atoms in total. The van der Waals surface area contributed by atoms with Gasteiger partial charge in [0.25, 0.3) is 5.91 Å². The van der Waals surface area contributed by atoms with Gasteiger partial charge < -0.3 is 15.5 Å². The SMILES string of the molecule is CNC(=O)c1cccc(CNC2=NCCN2C)c1. The van der Waals surface area contributed by atoms with Crippen molar-refractivity contribution in [3.8, 4) is 0 Å². The zero-order valence-corrected chi connectivity index (χ0v) is 10.7. The van der Waals surface area contributed by atoms with Gasteiger partial charge in [0, 0.05) is 32.7 Å². The van der Waals surface area contributed by atoms with E-state index in [1.165, 1.54) is 0 Å². The Balaban J connectivity index is 1.99. The molecule has 0 aliphatic carbocycles. The maximum atomic E-state index is 11.5. The molecular formula is C13H18N4O. The minimum absolute atomic E-state index is 0.0628. The summed E-state index contributed by atoms with van der Waals surface area (Å²) in [6.07, 6.45) is 0. The normalized spacial score (nSPS) is 14.3. The number of carbonyl (C=O) groups is 1. The summed E-state index contributed by atoms with van der Waals surface area (Å²) in [6, 6.07) is 7.58. The molecule has 96 valence electrons. The zero-order valence-electron chi connectivity index (χ0n) is 10.7. The number of guanidine groups is 1. The van der Waals surface area contributed by atoms with E-state index in [2.05, 4.69) is 20.5 Å². The molecule has 0 saturated heterocycles. The first-order valence-electron chi connectivity index (χ1n) is 6.01. The zero-order chi connectivity index (χ0) is 13.0. The highest BCUT2D eigenvalue weighted by Gasteiger charge is 2.11. The van der Waals surface area contributed by atoms with Gasteiger partial charge in [-0.2, -0.15) is 0 Å². The van der Waals surface area contributed by atoms with Gasteiger partial charge in [0.1, 0.15) is 0 Å². The van der Waals surface area contributed by atoms with Gasteiger partial charge in [0.05, 0.1) is 6.54 Å². The summed E-state index contributed by atoms with van der Waals surface area (Å²) in [5, 5.41) is 5.90. The second-order valence-electron chi connectivity index (χ2n) is 4.26. The van der Waals surface area contributed by atoms with Crippen molar-refractivity contribution in [1.29, 1.82) is 0 Å². The van der Waals surface area contributed by atoms with Crippen LogP contribution in [0.4, 0.5) is 0 Å². The Bertz CT molecular complexity index is 470. The van der Waals surface area contributed by atoms with Crippen LogP contribution in [-0.4, -0.2) is 44.0 Å². The van der Waals surface area contributed by atoms with Crippen molar-refractivity contribution in [2.45, 2.75) is 6.54 Å². The predicted octanol–water partition coefficient (Wildman–Crippen LogP) is 0.437. The van der Waals surface area contributed by atoms with Crippen molar-refractivity contribution in [1.82, 2.24) is 15.5 Å². The highest BCUT2D eigenvalue weighted by atomic mass is 16.1. The highest BCUT2D eigenvalue weighted by Crippen LogP contribution is 2.06. The van der Waals surface area contributed by atoms with Crippen LogP contribution < -0.4 is 10.6 Å².